The Morgan fingerprint density at radius 2 is 1.89 bits per heavy atom. The van der Waals surface area contributed by atoms with E-state index in [1.54, 1.807) is 0 Å². The molecule has 2 aliphatic heterocycles. The smallest absolute Gasteiger partial charge is 0.260 e. The van der Waals surface area contributed by atoms with Crippen LogP contribution in [-0.2, 0) is 9.84 Å². The van der Waals surface area contributed by atoms with Crippen LogP contribution in [0.5, 0.6) is 0 Å². The van der Waals surface area contributed by atoms with Crippen LogP contribution in [0.15, 0.2) is 18.2 Å². The van der Waals surface area contributed by atoms with Gasteiger partial charge >= 0.3 is 0 Å². The lowest BCUT2D eigenvalue weighted by atomic mass is 10.1. The molecule has 0 N–H and O–H groups in total. The van der Waals surface area contributed by atoms with Crippen molar-refractivity contribution in [1.82, 2.24) is 4.90 Å². The first-order chi connectivity index (χ1) is 8.90. The van der Waals surface area contributed by atoms with E-state index in [-0.39, 0.29) is 12.3 Å². The van der Waals surface area contributed by atoms with Crippen LogP contribution in [0.25, 0.3) is 0 Å². The summed E-state index contributed by atoms with van der Waals surface area (Å²) >= 11 is 0. The lowest BCUT2D eigenvalue weighted by Crippen LogP contribution is -2.44. The first kappa shape index (κ1) is 12.5. The average Bonchev–Trinajstić information content (AvgIpc) is 2.83. The van der Waals surface area contributed by atoms with Gasteiger partial charge in [0.1, 0.15) is 17.2 Å². The summed E-state index contributed by atoms with van der Waals surface area (Å²) in [5.41, 5.74) is -0.604. The number of carbonyl (C=O) groups is 1. The van der Waals surface area contributed by atoms with E-state index in [0.717, 1.165) is 12.1 Å². The number of carbonyl (C=O) groups excluding carboxylic acids is 1. The molecule has 7 heteroatoms. The van der Waals surface area contributed by atoms with Gasteiger partial charge in [0.15, 0.2) is 9.84 Å². The van der Waals surface area contributed by atoms with Crippen LogP contribution in [0.4, 0.5) is 8.78 Å². The summed E-state index contributed by atoms with van der Waals surface area (Å²) < 4.78 is 50.2. The van der Waals surface area contributed by atoms with Crippen LogP contribution in [0.2, 0.25) is 0 Å². The standard InChI is InChI=1S/C12H11F2NO3S/c13-9-2-1-3-10(14)11(9)12(16)15-5-8-4-7(15)6-19(8,17)18/h1-3,7-8H,4-6H2. The molecule has 0 aromatic heterocycles. The summed E-state index contributed by atoms with van der Waals surface area (Å²) in [6.45, 7) is 0.0274. The van der Waals surface area contributed by atoms with Gasteiger partial charge in [0.2, 0.25) is 0 Å². The molecule has 2 saturated heterocycles. The minimum Gasteiger partial charge on any atom is -0.333 e. The van der Waals surface area contributed by atoms with Gasteiger partial charge in [-0.25, -0.2) is 17.2 Å². The quantitative estimate of drug-likeness (QED) is 0.773. The van der Waals surface area contributed by atoms with E-state index in [2.05, 4.69) is 0 Å². The normalized spacial score (nSPS) is 27.8. The highest BCUT2D eigenvalue weighted by Crippen LogP contribution is 2.34. The van der Waals surface area contributed by atoms with Gasteiger partial charge in [-0.3, -0.25) is 4.79 Å². The molecule has 4 nitrogen and oxygen atoms in total. The molecule has 3 rings (SSSR count). The number of sulfone groups is 1. The van der Waals surface area contributed by atoms with Crippen LogP contribution in [0.1, 0.15) is 16.8 Å². The summed E-state index contributed by atoms with van der Waals surface area (Å²) in [7, 11) is -3.14. The second-order valence-corrected chi connectivity index (χ2v) is 7.22. The monoisotopic (exact) mass is 287 g/mol. The van der Waals surface area contributed by atoms with E-state index in [0.29, 0.717) is 6.42 Å². The summed E-state index contributed by atoms with van der Waals surface area (Å²) in [6, 6.07) is 2.76. The molecule has 2 unspecified atom stereocenters. The fourth-order valence-electron chi connectivity index (χ4n) is 2.79. The first-order valence-corrected chi connectivity index (χ1v) is 7.58. The fraction of sp³-hybridized carbons (Fsp3) is 0.417. The number of rotatable bonds is 1. The molecule has 1 amide bonds. The molecular formula is C12H11F2NO3S. The molecule has 2 atom stereocenters. The van der Waals surface area contributed by atoms with Crippen molar-refractivity contribution in [3.05, 3.63) is 35.4 Å². The molecule has 19 heavy (non-hydrogen) atoms. The van der Waals surface area contributed by atoms with Gasteiger partial charge in [-0.15, -0.1) is 0 Å². The van der Waals surface area contributed by atoms with Crippen molar-refractivity contribution in [3.8, 4) is 0 Å². The molecular weight excluding hydrogens is 276 g/mol. The Balaban J connectivity index is 1.92. The maximum absolute atomic E-state index is 13.5. The van der Waals surface area contributed by atoms with Crippen molar-refractivity contribution < 1.29 is 22.0 Å². The summed E-state index contributed by atoms with van der Waals surface area (Å²) in [4.78, 5) is 13.4. The number of amides is 1. The predicted molar refractivity (Wildman–Crippen MR) is 63.4 cm³/mol. The van der Waals surface area contributed by atoms with Crippen molar-refractivity contribution in [3.63, 3.8) is 0 Å². The lowest BCUT2D eigenvalue weighted by Gasteiger charge is -2.27. The van der Waals surface area contributed by atoms with Crippen LogP contribution in [-0.4, -0.2) is 42.8 Å². The number of fused-ring (bicyclic) bond motifs is 2. The van der Waals surface area contributed by atoms with Gasteiger partial charge < -0.3 is 4.90 Å². The largest absolute Gasteiger partial charge is 0.333 e. The zero-order valence-corrected chi connectivity index (χ0v) is 10.7. The zero-order valence-electron chi connectivity index (χ0n) is 9.84. The van der Waals surface area contributed by atoms with Gasteiger partial charge in [0.05, 0.1) is 11.0 Å². The first-order valence-electron chi connectivity index (χ1n) is 5.86. The highest BCUT2D eigenvalue weighted by atomic mass is 32.2. The number of benzene rings is 1. The van der Waals surface area contributed by atoms with E-state index < -0.39 is 44.2 Å². The Morgan fingerprint density at radius 1 is 1.26 bits per heavy atom. The summed E-state index contributed by atoms with van der Waals surface area (Å²) in [5.74, 6) is -2.72. The Kier molecular flexibility index (Phi) is 2.63. The van der Waals surface area contributed by atoms with E-state index in [9.17, 15) is 22.0 Å². The van der Waals surface area contributed by atoms with Gasteiger partial charge in [0, 0.05) is 12.6 Å². The molecule has 1 aromatic carbocycles. The molecule has 2 fully saturated rings. The third kappa shape index (κ3) is 1.83. The molecule has 102 valence electrons. The number of hydrogen-bond acceptors (Lipinski definition) is 3. The molecule has 0 aliphatic carbocycles. The van der Waals surface area contributed by atoms with Gasteiger partial charge in [-0.1, -0.05) is 6.07 Å². The third-order valence-corrected chi connectivity index (χ3v) is 5.95. The number of halogens is 2. The molecule has 0 spiro atoms. The Hall–Kier alpha value is -1.50. The zero-order chi connectivity index (χ0) is 13.8. The van der Waals surface area contributed by atoms with Crippen molar-refractivity contribution in [2.24, 2.45) is 0 Å². The fourth-order valence-corrected chi connectivity index (χ4v) is 4.82. The number of nitrogens with zero attached hydrogens (tertiary/aromatic N) is 1. The topological polar surface area (TPSA) is 54.5 Å². The van der Waals surface area contributed by atoms with Crippen molar-refractivity contribution in [1.29, 1.82) is 0 Å². The molecule has 0 radical (unpaired) electrons. The van der Waals surface area contributed by atoms with E-state index in [1.165, 1.54) is 11.0 Å². The van der Waals surface area contributed by atoms with Gasteiger partial charge in [-0.05, 0) is 18.6 Å². The van der Waals surface area contributed by atoms with E-state index in [1.807, 2.05) is 0 Å². The maximum Gasteiger partial charge on any atom is 0.260 e. The third-order valence-electron chi connectivity index (χ3n) is 3.75. The van der Waals surface area contributed by atoms with Gasteiger partial charge in [-0.2, -0.15) is 0 Å². The van der Waals surface area contributed by atoms with Crippen LogP contribution < -0.4 is 0 Å². The predicted octanol–water partition coefficient (Wildman–Crippen LogP) is 0.976. The van der Waals surface area contributed by atoms with Crippen molar-refractivity contribution in [2.45, 2.75) is 17.7 Å². The SMILES string of the molecule is O=C(c1c(F)cccc1F)N1CC2CC1CS2(=O)=O. The molecule has 0 saturated carbocycles. The Morgan fingerprint density at radius 3 is 2.37 bits per heavy atom. The molecule has 2 heterocycles. The average molecular weight is 287 g/mol. The molecule has 2 bridgehead atoms. The minimum absolute atomic E-state index is 0.0274. The second-order valence-electron chi connectivity index (χ2n) is 4.90. The van der Waals surface area contributed by atoms with E-state index in [4.69, 9.17) is 0 Å². The molecule has 2 aliphatic rings. The summed E-state index contributed by atoms with van der Waals surface area (Å²) in [6.07, 6.45) is 0.365. The van der Waals surface area contributed by atoms with Crippen LogP contribution in [0.3, 0.4) is 0 Å². The van der Waals surface area contributed by atoms with Crippen LogP contribution in [0, 0.1) is 11.6 Å². The lowest BCUT2D eigenvalue weighted by molar-refractivity contribution is 0.0736. The van der Waals surface area contributed by atoms with Crippen LogP contribution >= 0.6 is 0 Å². The second kappa shape index (κ2) is 4.00. The van der Waals surface area contributed by atoms with Crippen molar-refractivity contribution in [2.75, 3.05) is 12.3 Å². The minimum atomic E-state index is -3.14. The highest BCUT2D eigenvalue weighted by molar-refractivity contribution is 7.92. The van der Waals surface area contributed by atoms with Crippen molar-refractivity contribution >= 4 is 15.7 Å². The maximum atomic E-state index is 13.5. The molecule has 1 aromatic rings. The Labute approximate surface area is 108 Å². The van der Waals surface area contributed by atoms with E-state index >= 15 is 0 Å². The number of hydrogen-bond donors (Lipinski definition) is 0. The van der Waals surface area contributed by atoms with Gasteiger partial charge in [0.25, 0.3) is 5.91 Å². The number of likely N-dealkylation sites (tertiary alicyclic amines) is 1. The Bertz CT molecular complexity index is 639. The highest BCUT2D eigenvalue weighted by Gasteiger charge is 2.50. The summed E-state index contributed by atoms with van der Waals surface area (Å²) in [5, 5.41) is -0.587.